The molecule has 2 rings (SSSR count). The number of carbonyl (C=O) groups excluding carboxylic acids is 1. The molecule has 0 aliphatic rings. The van der Waals surface area contributed by atoms with Crippen molar-refractivity contribution in [1.82, 2.24) is 0 Å². The van der Waals surface area contributed by atoms with Gasteiger partial charge in [-0.15, -0.1) is 0 Å². The van der Waals surface area contributed by atoms with E-state index in [9.17, 15) is 9.18 Å². The molecule has 0 aliphatic heterocycles. The molecule has 0 bridgehead atoms. The van der Waals surface area contributed by atoms with Crippen LogP contribution in [0.25, 0.3) is 0 Å². The van der Waals surface area contributed by atoms with Crippen LogP contribution in [0.3, 0.4) is 0 Å². The Bertz CT molecular complexity index is 619. The lowest BCUT2D eigenvalue weighted by atomic mass is 10.1. The van der Waals surface area contributed by atoms with Crippen LogP contribution in [0, 0.1) is 5.82 Å². The van der Waals surface area contributed by atoms with Crippen LogP contribution in [0.2, 0.25) is 5.02 Å². The van der Waals surface area contributed by atoms with E-state index in [0.717, 1.165) is 0 Å². The molecule has 4 N–H and O–H groups in total. The third kappa shape index (κ3) is 3.21. The molecule has 0 unspecified atom stereocenters. The maximum Gasteiger partial charge on any atom is 0.257 e. The van der Waals surface area contributed by atoms with Gasteiger partial charge in [0.25, 0.3) is 5.91 Å². The monoisotopic (exact) mass is 279 g/mol. The summed E-state index contributed by atoms with van der Waals surface area (Å²) in [5, 5.41) is 2.97. The van der Waals surface area contributed by atoms with Crippen LogP contribution in [0.5, 0.6) is 0 Å². The summed E-state index contributed by atoms with van der Waals surface area (Å²) < 4.78 is 13.0. The van der Waals surface area contributed by atoms with Crippen LogP contribution in [0.1, 0.15) is 10.4 Å². The van der Waals surface area contributed by atoms with Gasteiger partial charge in [0.2, 0.25) is 0 Å². The third-order valence-electron chi connectivity index (χ3n) is 2.46. The first-order valence-electron chi connectivity index (χ1n) is 5.43. The Morgan fingerprint density at radius 2 is 2.00 bits per heavy atom. The highest BCUT2D eigenvalue weighted by atomic mass is 35.5. The Hall–Kier alpha value is -2.11. The fourth-order valence-corrected chi connectivity index (χ4v) is 1.77. The molecule has 0 aliphatic carbocycles. The fraction of sp³-hybridized carbons (Fsp3) is 0. The fourth-order valence-electron chi connectivity index (χ4n) is 1.59. The Labute approximate surface area is 114 Å². The number of benzene rings is 2. The highest BCUT2D eigenvalue weighted by Crippen LogP contribution is 2.21. The molecular formula is C13H11ClFN3O. The molecule has 19 heavy (non-hydrogen) atoms. The molecule has 1 amide bonds. The third-order valence-corrected chi connectivity index (χ3v) is 2.70. The molecule has 0 heterocycles. The summed E-state index contributed by atoms with van der Waals surface area (Å²) in [4.78, 5) is 12.1. The summed E-state index contributed by atoms with van der Waals surface area (Å²) in [6, 6.07) is 10.3. The summed E-state index contributed by atoms with van der Waals surface area (Å²) in [6.07, 6.45) is 0. The second-order valence-electron chi connectivity index (χ2n) is 3.80. The minimum absolute atomic E-state index is 0.277. The standard InChI is InChI=1S/C13H11ClFN3O/c14-8-4-5-12(18-16)11(6-8)13(19)17-10-3-1-2-9(15)7-10/h1-7,18H,16H2,(H,17,19). The molecule has 0 radical (unpaired) electrons. The average molecular weight is 280 g/mol. The van der Waals surface area contributed by atoms with Crippen molar-refractivity contribution >= 4 is 28.9 Å². The number of hydrazine groups is 1. The number of halogens is 2. The van der Waals surface area contributed by atoms with Crippen molar-refractivity contribution in [3.63, 3.8) is 0 Å². The van der Waals surface area contributed by atoms with Gasteiger partial charge in [-0.05, 0) is 36.4 Å². The van der Waals surface area contributed by atoms with Gasteiger partial charge in [0.1, 0.15) is 5.82 Å². The number of hydrogen-bond donors (Lipinski definition) is 3. The topological polar surface area (TPSA) is 67.1 Å². The zero-order valence-electron chi connectivity index (χ0n) is 9.78. The van der Waals surface area contributed by atoms with Crippen LogP contribution in [0.15, 0.2) is 42.5 Å². The van der Waals surface area contributed by atoms with Gasteiger partial charge in [0.15, 0.2) is 0 Å². The molecule has 0 spiro atoms. The van der Waals surface area contributed by atoms with E-state index in [1.165, 1.54) is 24.3 Å². The van der Waals surface area contributed by atoms with Gasteiger partial charge < -0.3 is 10.7 Å². The highest BCUT2D eigenvalue weighted by Gasteiger charge is 2.12. The Morgan fingerprint density at radius 3 is 2.68 bits per heavy atom. The SMILES string of the molecule is NNc1ccc(Cl)cc1C(=O)Nc1cccc(F)c1. The van der Waals surface area contributed by atoms with Gasteiger partial charge in [-0.2, -0.15) is 0 Å². The predicted octanol–water partition coefficient (Wildman–Crippen LogP) is 3.02. The number of hydrogen-bond acceptors (Lipinski definition) is 3. The summed E-state index contributed by atoms with van der Waals surface area (Å²) in [6.45, 7) is 0. The zero-order chi connectivity index (χ0) is 13.8. The van der Waals surface area contributed by atoms with E-state index in [4.69, 9.17) is 17.4 Å². The minimum Gasteiger partial charge on any atom is -0.323 e. The number of nitrogen functional groups attached to an aromatic ring is 1. The van der Waals surface area contributed by atoms with Gasteiger partial charge in [0, 0.05) is 10.7 Å². The Morgan fingerprint density at radius 1 is 1.21 bits per heavy atom. The van der Waals surface area contributed by atoms with Crippen molar-refractivity contribution in [2.24, 2.45) is 5.84 Å². The van der Waals surface area contributed by atoms with Crippen molar-refractivity contribution < 1.29 is 9.18 Å². The van der Waals surface area contributed by atoms with E-state index in [0.29, 0.717) is 16.4 Å². The van der Waals surface area contributed by atoms with Crippen LogP contribution in [-0.2, 0) is 0 Å². The summed E-state index contributed by atoms with van der Waals surface area (Å²) >= 11 is 5.84. The second-order valence-corrected chi connectivity index (χ2v) is 4.24. The predicted molar refractivity (Wildman–Crippen MR) is 73.6 cm³/mol. The van der Waals surface area contributed by atoms with E-state index in [-0.39, 0.29) is 5.56 Å². The number of carbonyl (C=O) groups is 1. The van der Waals surface area contributed by atoms with Crippen molar-refractivity contribution in [3.05, 3.63) is 58.9 Å². The van der Waals surface area contributed by atoms with Gasteiger partial charge in [0.05, 0.1) is 11.3 Å². The molecule has 4 nitrogen and oxygen atoms in total. The van der Waals surface area contributed by atoms with E-state index < -0.39 is 11.7 Å². The second kappa shape index (κ2) is 5.69. The Kier molecular flexibility index (Phi) is 3.99. The number of nitrogens with two attached hydrogens (primary N) is 1. The van der Waals surface area contributed by atoms with Crippen LogP contribution < -0.4 is 16.6 Å². The summed E-state index contributed by atoms with van der Waals surface area (Å²) in [5.41, 5.74) is 3.47. The Balaban J connectivity index is 2.27. The smallest absolute Gasteiger partial charge is 0.257 e. The summed E-state index contributed by atoms with van der Waals surface area (Å²) in [5.74, 6) is 4.46. The van der Waals surface area contributed by atoms with E-state index >= 15 is 0 Å². The molecule has 0 atom stereocenters. The molecule has 0 saturated heterocycles. The average Bonchev–Trinajstić information content (AvgIpc) is 2.38. The van der Waals surface area contributed by atoms with Crippen molar-refractivity contribution in [3.8, 4) is 0 Å². The van der Waals surface area contributed by atoms with Crippen LogP contribution in [-0.4, -0.2) is 5.91 Å². The van der Waals surface area contributed by atoms with Crippen LogP contribution >= 0.6 is 11.6 Å². The first kappa shape index (κ1) is 13.3. The highest BCUT2D eigenvalue weighted by molar-refractivity contribution is 6.31. The normalized spacial score (nSPS) is 10.1. The van der Waals surface area contributed by atoms with E-state index in [1.54, 1.807) is 18.2 Å². The maximum absolute atomic E-state index is 13.0. The minimum atomic E-state index is -0.430. The first-order chi connectivity index (χ1) is 9.10. The van der Waals surface area contributed by atoms with Gasteiger partial charge >= 0.3 is 0 Å². The molecule has 2 aromatic rings. The molecule has 2 aromatic carbocycles. The molecule has 0 saturated carbocycles. The maximum atomic E-state index is 13.0. The van der Waals surface area contributed by atoms with Gasteiger partial charge in [-0.25, -0.2) is 4.39 Å². The lowest BCUT2D eigenvalue weighted by Gasteiger charge is -2.10. The van der Waals surface area contributed by atoms with Crippen molar-refractivity contribution in [2.75, 3.05) is 10.7 Å². The lowest BCUT2D eigenvalue weighted by molar-refractivity contribution is 0.102. The van der Waals surface area contributed by atoms with Gasteiger partial charge in [-0.1, -0.05) is 17.7 Å². The van der Waals surface area contributed by atoms with E-state index in [2.05, 4.69) is 10.7 Å². The first-order valence-corrected chi connectivity index (χ1v) is 5.81. The molecule has 0 fully saturated rings. The number of nitrogens with one attached hydrogen (secondary N) is 2. The summed E-state index contributed by atoms with van der Waals surface area (Å²) in [7, 11) is 0. The largest absolute Gasteiger partial charge is 0.323 e. The molecule has 6 heteroatoms. The van der Waals surface area contributed by atoms with Crippen molar-refractivity contribution in [2.45, 2.75) is 0 Å². The number of anilines is 2. The zero-order valence-corrected chi connectivity index (χ0v) is 10.5. The lowest BCUT2D eigenvalue weighted by Crippen LogP contribution is -2.17. The van der Waals surface area contributed by atoms with Crippen LogP contribution in [0.4, 0.5) is 15.8 Å². The number of amides is 1. The van der Waals surface area contributed by atoms with E-state index in [1.807, 2.05) is 0 Å². The molecular weight excluding hydrogens is 269 g/mol. The number of rotatable bonds is 3. The van der Waals surface area contributed by atoms with Gasteiger partial charge in [-0.3, -0.25) is 10.6 Å². The molecule has 98 valence electrons. The van der Waals surface area contributed by atoms with Crippen molar-refractivity contribution in [1.29, 1.82) is 0 Å². The molecule has 0 aromatic heterocycles. The quantitative estimate of drug-likeness (QED) is 0.598.